The maximum absolute atomic E-state index is 11.0. The molecule has 12 heavy (non-hydrogen) atoms. The molecule has 0 atom stereocenters. The molecular formula is C8H16O2S2. The maximum Gasteiger partial charge on any atom is 0.327 e. The highest BCUT2D eigenvalue weighted by molar-refractivity contribution is 8.00. The van der Waals surface area contributed by atoms with E-state index in [-0.39, 0.29) is 5.97 Å². The zero-order valence-corrected chi connectivity index (χ0v) is 9.63. The van der Waals surface area contributed by atoms with Crippen LogP contribution in [0.15, 0.2) is 0 Å². The number of carbonyl (C=O) groups excluding carboxylic acids is 1. The quantitative estimate of drug-likeness (QED) is 0.649. The highest BCUT2D eigenvalue weighted by atomic mass is 32.2. The first-order chi connectivity index (χ1) is 5.52. The Kier molecular flexibility index (Phi) is 6.76. The minimum Gasteiger partial charge on any atom is -0.390 e. The van der Waals surface area contributed by atoms with Crippen molar-refractivity contribution in [2.45, 2.75) is 38.2 Å². The van der Waals surface area contributed by atoms with Crippen LogP contribution >= 0.6 is 23.8 Å². The first kappa shape index (κ1) is 12.2. The van der Waals surface area contributed by atoms with Crippen molar-refractivity contribution in [3.8, 4) is 0 Å². The minimum absolute atomic E-state index is 0.132. The Hall–Kier alpha value is 0.170. The van der Waals surface area contributed by atoms with E-state index >= 15 is 0 Å². The zero-order valence-electron chi connectivity index (χ0n) is 7.99. The molecule has 0 N–H and O–H groups in total. The monoisotopic (exact) mass is 208 g/mol. The van der Waals surface area contributed by atoms with Crippen molar-refractivity contribution in [3.63, 3.8) is 0 Å². The summed E-state index contributed by atoms with van der Waals surface area (Å²) in [6, 6.07) is 0. The summed E-state index contributed by atoms with van der Waals surface area (Å²) in [5.41, 5.74) is 0. The van der Waals surface area contributed by atoms with Crippen molar-refractivity contribution in [2.75, 3.05) is 5.75 Å². The first-order valence-corrected chi connectivity index (χ1v) is 5.85. The molecule has 2 nitrogen and oxygen atoms in total. The largest absolute Gasteiger partial charge is 0.390 e. The van der Waals surface area contributed by atoms with Gasteiger partial charge in [0.2, 0.25) is 0 Å². The fourth-order valence-corrected chi connectivity index (χ4v) is 1.37. The standard InChI is InChI=1S/C8H16O2S2/c1-6(2)11-5-8(9)10-12-7(3)4/h6-7H,5H2,1-4H3. The Morgan fingerprint density at radius 3 is 2.25 bits per heavy atom. The van der Waals surface area contributed by atoms with E-state index in [9.17, 15) is 4.79 Å². The van der Waals surface area contributed by atoms with Gasteiger partial charge in [0, 0.05) is 5.25 Å². The van der Waals surface area contributed by atoms with Gasteiger partial charge in [-0.2, -0.15) is 0 Å². The van der Waals surface area contributed by atoms with Crippen LogP contribution in [-0.2, 0) is 8.98 Å². The number of hydrogen-bond donors (Lipinski definition) is 0. The van der Waals surface area contributed by atoms with Crippen LogP contribution in [0.25, 0.3) is 0 Å². The maximum atomic E-state index is 11.0. The van der Waals surface area contributed by atoms with Gasteiger partial charge in [-0.3, -0.25) is 4.79 Å². The van der Waals surface area contributed by atoms with Gasteiger partial charge in [0.1, 0.15) is 0 Å². The van der Waals surface area contributed by atoms with Crippen molar-refractivity contribution in [1.82, 2.24) is 0 Å². The molecule has 4 heteroatoms. The van der Waals surface area contributed by atoms with Crippen LogP contribution in [0, 0.1) is 0 Å². The van der Waals surface area contributed by atoms with Crippen LogP contribution < -0.4 is 0 Å². The molecule has 0 radical (unpaired) electrons. The summed E-state index contributed by atoms with van der Waals surface area (Å²) in [6.45, 7) is 8.11. The summed E-state index contributed by atoms with van der Waals surface area (Å²) in [5.74, 6) is 0.324. The van der Waals surface area contributed by atoms with E-state index in [0.29, 0.717) is 16.3 Å². The lowest BCUT2D eigenvalue weighted by Gasteiger charge is -2.05. The van der Waals surface area contributed by atoms with E-state index < -0.39 is 0 Å². The number of thioether (sulfide) groups is 1. The fourth-order valence-electron chi connectivity index (χ4n) is 0.409. The molecule has 0 bridgehead atoms. The third-order valence-electron chi connectivity index (χ3n) is 0.868. The Morgan fingerprint density at radius 1 is 1.25 bits per heavy atom. The predicted molar refractivity (Wildman–Crippen MR) is 56.4 cm³/mol. The van der Waals surface area contributed by atoms with E-state index in [4.69, 9.17) is 4.18 Å². The van der Waals surface area contributed by atoms with E-state index in [1.807, 2.05) is 13.8 Å². The van der Waals surface area contributed by atoms with Gasteiger partial charge in [-0.15, -0.1) is 11.8 Å². The van der Waals surface area contributed by atoms with E-state index in [1.165, 1.54) is 12.0 Å². The van der Waals surface area contributed by atoms with Crippen LogP contribution in [0.1, 0.15) is 27.7 Å². The fraction of sp³-hybridized carbons (Fsp3) is 0.875. The highest BCUT2D eigenvalue weighted by Crippen LogP contribution is 2.14. The normalized spacial score (nSPS) is 10.8. The Labute approximate surface area is 83.0 Å². The summed E-state index contributed by atoms with van der Waals surface area (Å²) in [4.78, 5) is 11.0. The number of carbonyl (C=O) groups is 1. The van der Waals surface area contributed by atoms with Gasteiger partial charge in [-0.25, -0.2) is 0 Å². The molecule has 0 unspecified atom stereocenters. The summed E-state index contributed by atoms with van der Waals surface area (Å²) in [6.07, 6.45) is 0. The molecule has 0 fully saturated rings. The molecule has 0 aromatic carbocycles. The summed E-state index contributed by atoms with van der Waals surface area (Å²) in [7, 11) is 0. The third kappa shape index (κ3) is 8.27. The summed E-state index contributed by atoms with van der Waals surface area (Å²) < 4.78 is 4.91. The predicted octanol–water partition coefficient (Wildman–Crippen LogP) is 2.73. The van der Waals surface area contributed by atoms with Crippen molar-refractivity contribution < 1.29 is 8.98 Å². The average molecular weight is 208 g/mol. The van der Waals surface area contributed by atoms with Crippen LogP contribution in [0.5, 0.6) is 0 Å². The minimum atomic E-state index is -0.132. The highest BCUT2D eigenvalue weighted by Gasteiger charge is 2.06. The molecule has 0 aliphatic heterocycles. The first-order valence-electron chi connectivity index (χ1n) is 4.00. The molecule has 0 aliphatic carbocycles. The third-order valence-corrected chi connectivity index (χ3v) is 2.60. The lowest BCUT2D eigenvalue weighted by atomic mass is 10.6. The second kappa shape index (κ2) is 6.66. The average Bonchev–Trinajstić information content (AvgIpc) is 1.96. The van der Waals surface area contributed by atoms with Crippen molar-refractivity contribution >= 4 is 29.8 Å². The molecule has 0 saturated heterocycles. The zero-order chi connectivity index (χ0) is 9.56. The molecule has 0 heterocycles. The van der Waals surface area contributed by atoms with Crippen molar-refractivity contribution in [1.29, 1.82) is 0 Å². The SMILES string of the molecule is CC(C)SCC(=O)OSC(C)C. The Balaban J connectivity index is 3.34. The van der Waals surface area contributed by atoms with Crippen LogP contribution in [0.3, 0.4) is 0 Å². The lowest BCUT2D eigenvalue weighted by Crippen LogP contribution is -2.06. The molecular weight excluding hydrogens is 192 g/mol. The van der Waals surface area contributed by atoms with Gasteiger partial charge in [-0.1, -0.05) is 27.7 Å². The van der Waals surface area contributed by atoms with E-state index in [1.54, 1.807) is 11.8 Å². The van der Waals surface area contributed by atoms with Crippen molar-refractivity contribution in [2.24, 2.45) is 0 Å². The Morgan fingerprint density at radius 2 is 1.83 bits per heavy atom. The molecule has 0 aliphatic rings. The Bertz CT molecular complexity index is 121. The van der Waals surface area contributed by atoms with E-state index in [2.05, 4.69) is 13.8 Å². The second-order valence-electron chi connectivity index (χ2n) is 2.96. The number of hydrogen-bond acceptors (Lipinski definition) is 4. The van der Waals surface area contributed by atoms with E-state index in [0.717, 1.165) is 0 Å². The smallest absolute Gasteiger partial charge is 0.327 e. The van der Waals surface area contributed by atoms with Crippen LogP contribution in [-0.4, -0.2) is 22.2 Å². The van der Waals surface area contributed by atoms with Gasteiger partial charge in [0.25, 0.3) is 0 Å². The van der Waals surface area contributed by atoms with Crippen LogP contribution in [0.2, 0.25) is 0 Å². The summed E-state index contributed by atoms with van der Waals surface area (Å²) >= 11 is 2.83. The van der Waals surface area contributed by atoms with Gasteiger partial charge >= 0.3 is 5.97 Å². The summed E-state index contributed by atoms with van der Waals surface area (Å²) in [5, 5.41) is 0.833. The van der Waals surface area contributed by atoms with Gasteiger partial charge in [0.15, 0.2) is 0 Å². The lowest BCUT2D eigenvalue weighted by molar-refractivity contribution is -0.130. The molecule has 0 aromatic heterocycles. The van der Waals surface area contributed by atoms with Gasteiger partial charge < -0.3 is 4.18 Å². The number of rotatable bonds is 5. The second-order valence-corrected chi connectivity index (χ2v) is 5.83. The molecule has 72 valence electrons. The van der Waals surface area contributed by atoms with Gasteiger partial charge in [0.05, 0.1) is 17.8 Å². The molecule has 0 aromatic rings. The van der Waals surface area contributed by atoms with Crippen molar-refractivity contribution in [3.05, 3.63) is 0 Å². The van der Waals surface area contributed by atoms with Gasteiger partial charge in [-0.05, 0) is 5.25 Å². The molecule has 0 rings (SSSR count). The molecule has 0 saturated carbocycles. The molecule has 0 spiro atoms. The molecule has 0 amide bonds. The van der Waals surface area contributed by atoms with Crippen LogP contribution in [0.4, 0.5) is 0 Å². The topological polar surface area (TPSA) is 26.3 Å².